The maximum absolute atomic E-state index is 11.1. The molecule has 10 heteroatoms. The molecule has 0 atom stereocenters. The molecular weight excluding hydrogens is 236 g/mol. The van der Waals surface area contributed by atoms with Crippen LogP contribution in [0.4, 0.5) is 10.7 Å². The minimum atomic E-state index is -0.733. The Labute approximate surface area is 93.7 Å². The molecule has 0 saturated heterocycles. The molecule has 0 aliphatic heterocycles. The predicted octanol–water partition coefficient (Wildman–Crippen LogP) is -0.730. The Balaban J connectivity index is 2.47. The van der Waals surface area contributed by atoms with Crippen LogP contribution in [0.2, 0.25) is 5.15 Å². The predicted molar refractivity (Wildman–Crippen MR) is 56.1 cm³/mol. The molecule has 0 aliphatic rings. The number of nitrogens with zero attached hydrogens (tertiary/aromatic N) is 4. The average Bonchev–Trinajstić information content (AvgIpc) is 2.72. The molecule has 9 nitrogen and oxygen atoms in total. The van der Waals surface area contributed by atoms with Gasteiger partial charge in [0.05, 0.1) is 0 Å². The maximum atomic E-state index is 11.1. The third-order valence-corrected chi connectivity index (χ3v) is 2.09. The van der Waals surface area contributed by atoms with Crippen LogP contribution in [0.15, 0.2) is 6.33 Å². The molecule has 0 aliphatic carbocycles. The molecule has 84 valence electrons. The molecule has 0 spiro atoms. The van der Waals surface area contributed by atoms with Crippen molar-refractivity contribution in [2.45, 2.75) is 0 Å². The number of nitrogens with two attached hydrogens (primary N) is 2. The van der Waals surface area contributed by atoms with Crippen molar-refractivity contribution >= 4 is 34.7 Å². The van der Waals surface area contributed by atoms with E-state index in [1.165, 1.54) is 6.33 Å². The number of anilines is 1. The highest BCUT2D eigenvalue weighted by Crippen LogP contribution is 2.19. The number of hydrogen-bond donors (Lipinski definition) is 4. The topological polar surface area (TPSA) is 139 Å². The van der Waals surface area contributed by atoms with Gasteiger partial charge in [0.15, 0.2) is 10.8 Å². The van der Waals surface area contributed by atoms with E-state index >= 15 is 0 Å². The molecule has 16 heavy (non-hydrogen) atoms. The van der Waals surface area contributed by atoms with E-state index in [0.29, 0.717) is 16.2 Å². The number of aromatic nitrogens is 4. The second kappa shape index (κ2) is 3.89. The van der Waals surface area contributed by atoms with E-state index in [1.54, 1.807) is 0 Å². The number of H-pyrrole nitrogens is 1. The van der Waals surface area contributed by atoms with E-state index in [9.17, 15) is 4.79 Å². The van der Waals surface area contributed by atoms with Gasteiger partial charge in [0.1, 0.15) is 11.8 Å². The summed E-state index contributed by atoms with van der Waals surface area (Å²) in [6.07, 6.45) is 1.25. The summed E-state index contributed by atoms with van der Waals surface area (Å²) in [5.41, 5.74) is 2.54. The van der Waals surface area contributed by atoms with E-state index < -0.39 is 6.03 Å². The summed E-state index contributed by atoms with van der Waals surface area (Å²) >= 11 is 5.78. The first-order valence-corrected chi connectivity index (χ1v) is 4.43. The Kier molecular flexibility index (Phi) is 2.56. The molecule has 0 saturated carbocycles. The molecule has 0 radical (unpaired) electrons. The molecule has 2 aromatic heterocycles. The highest BCUT2D eigenvalue weighted by molar-refractivity contribution is 6.33. The van der Waals surface area contributed by atoms with Crippen LogP contribution in [-0.2, 0) is 0 Å². The van der Waals surface area contributed by atoms with E-state index in [1.807, 2.05) is 5.43 Å². The van der Waals surface area contributed by atoms with Gasteiger partial charge in [-0.1, -0.05) is 11.6 Å². The maximum Gasteiger partial charge on any atom is 0.352 e. The number of rotatable bonds is 1. The van der Waals surface area contributed by atoms with Crippen molar-refractivity contribution in [3.05, 3.63) is 11.5 Å². The molecule has 0 fully saturated rings. The normalized spacial score (nSPS) is 10.4. The van der Waals surface area contributed by atoms with Crippen LogP contribution in [0.1, 0.15) is 0 Å². The first-order valence-electron chi connectivity index (χ1n) is 4.05. The number of nitrogens with one attached hydrogen (secondary N) is 2. The lowest BCUT2D eigenvalue weighted by atomic mass is 10.6. The Morgan fingerprint density at radius 3 is 2.94 bits per heavy atom. The van der Waals surface area contributed by atoms with Crippen LogP contribution >= 0.6 is 11.6 Å². The van der Waals surface area contributed by atoms with Crippen molar-refractivity contribution < 1.29 is 4.79 Å². The Morgan fingerprint density at radius 2 is 2.31 bits per heavy atom. The SMILES string of the molecule is NNC(=O)N(N)c1nc2ncnc(Cl)c2[nH]1. The lowest BCUT2D eigenvalue weighted by Gasteiger charge is -2.10. The number of carbonyl (C=O) groups excluding carboxylic acids is 1. The van der Waals surface area contributed by atoms with Gasteiger partial charge in [0.25, 0.3) is 0 Å². The van der Waals surface area contributed by atoms with E-state index in [2.05, 4.69) is 19.9 Å². The second-order valence-corrected chi connectivity index (χ2v) is 3.10. The largest absolute Gasteiger partial charge is 0.352 e. The number of hydrogen-bond acceptors (Lipinski definition) is 6. The quantitative estimate of drug-likeness (QED) is 0.225. The molecule has 6 N–H and O–H groups in total. The zero-order valence-corrected chi connectivity index (χ0v) is 8.56. The van der Waals surface area contributed by atoms with Crippen LogP contribution in [0, 0.1) is 0 Å². The summed E-state index contributed by atoms with van der Waals surface area (Å²) in [5.74, 6) is 10.4. The van der Waals surface area contributed by atoms with Gasteiger partial charge in [-0.15, -0.1) is 0 Å². The van der Waals surface area contributed by atoms with E-state index in [0.717, 1.165) is 0 Å². The minimum Gasteiger partial charge on any atom is -0.319 e. The summed E-state index contributed by atoms with van der Waals surface area (Å²) in [7, 11) is 0. The third-order valence-electron chi connectivity index (χ3n) is 1.80. The van der Waals surface area contributed by atoms with Gasteiger partial charge < -0.3 is 4.98 Å². The van der Waals surface area contributed by atoms with Crippen molar-refractivity contribution in [1.29, 1.82) is 0 Å². The number of imidazole rings is 1. The molecular formula is C6H7ClN8O. The van der Waals surface area contributed by atoms with Crippen LogP contribution in [0.3, 0.4) is 0 Å². The fourth-order valence-corrected chi connectivity index (χ4v) is 1.24. The molecule has 2 aromatic rings. The Bertz CT molecular complexity index is 538. The fourth-order valence-electron chi connectivity index (χ4n) is 1.07. The van der Waals surface area contributed by atoms with Gasteiger partial charge in [-0.25, -0.2) is 26.4 Å². The number of carbonyl (C=O) groups is 1. The summed E-state index contributed by atoms with van der Waals surface area (Å²) in [6, 6.07) is -0.733. The molecule has 0 unspecified atom stereocenters. The molecule has 2 amide bonds. The van der Waals surface area contributed by atoms with E-state index in [-0.39, 0.29) is 11.1 Å². The highest BCUT2D eigenvalue weighted by Gasteiger charge is 2.16. The van der Waals surface area contributed by atoms with Gasteiger partial charge >= 0.3 is 6.03 Å². The van der Waals surface area contributed by atoms with Crippen molar-refractivity contribution in [3.8, 4) is 0 Å². The standard InChI is InChI=1S/C6H7ClN8O/c7-3-2-4(11-1-10-3)13-5(12-2)15(9)6(16)14-8/h1H,8-9H2,(H,14,16)(H,10,11,12,13). The van der Waals surface area contributed by atoms with Gasteiger partial charge in [0, 0.05) is 0 Å². The lowest BCUT2D eigenvalue weighted by Crippen LogP contribution is -2.48. The number of amides is 2. The molecule has 0 bridgehead atoms. The fraction of sp³-hybridized carbons (Fsp3) is 0. The van der Waals surface area contributed by atoms with Gasteiger partial charge in [0.2, 0.25) is 5.95 Å². The van der Waals surface area contributed by atoms with Crippen molar-refractivity contribution in [1.82, 2.24) is 25.4 Å². The monoisotopic (exact) mass is 242 g/mol. The second-order valence-electron chi connectivity index (χ2n) is 2.74. The smallest absolute Gasteiger partial charge is 0.319 e. The number of hydrazine groups is 2. The minimum absolute atomic E-state index is 0.0559. The molecule has 0 aromatic carbocycles. The first kappa shape index (κ1) is 10.5. The Hall–Kier alpha value is -1.97. The van der Waals surface area contributed by atoms with Crippen LogP contribution in [0.25, 0.3) is 11.2 Å². The Morgan fingerprint density at radius 1 is 1.56 bits per heavy atom. The zero-order chi connectivity index (χ0) is 11.7. The number of aromatic amines is 1. The van der Waals surface area contributed by atoms with Crippen molar-refractivity contribution in [3.63, 3.8) is 0 Å². The lowest BCUT2D eigenvalue weighted by molar-refractivity contribution is 0.246. The van der Waals surface area contributed by atoms with Gasteiger partial charge in [-0.05, 0) is 0 Å². The molecule has 2 rings (SSSR count). The van der Waals surface area contributed by atoms with Crippen molar-refractivity contribution in [2.24, 2.45) is 11.7 Å². The number of halogens is 1. The summed E-state index contributed by atoms with van der Waals surface area (Å²) in [4.78, 5) is 25.3. The van der Waals surface area contributed by atoms with Crippen molar-refractivity contribution in [2.75, 3.05) is 5.01 Å². The average molecular weight is 243 g/mol. The summed E-state index contributed by atoms with van der Waals surface area (Å²) in [6.45, 7) is 0. The third kappa shape index (κ3) is 1.62. The highest BCUT2D eigenvalue weighted by atomic mass is 35.5. The molecule has 2 heterocycles. The number of urea groups is 1. The van der Waals surface area contributed by atoms with Crippen LogP contribution in [-0.4, -0.2) is 26.0 Å². The van der Waals surface area contributed by atoms with E-state index in [4.69, 9.17) is 23.3 Å². The summed E-state index contributed by atoms with van der Waals surface area (Å²) < 4.78 is 0. The zero-order valence-electron chi connectivity index (χ0n) is 7.81. The van der Waals surface area contributed by atoms with Gasteiger partial charge in [-0.3, -0.25) is 5.43 Å². The first-order chi connectivity index (χ1) is 7.63. The van der Waals surface area contributed by atoms with Gasteiger partial charge in [-0.2, -0.15) is 9.99 Å². The number of fused-ring (bicyclic) bond motifs is 1. The van der Waals surface area contributed by atoms with Crippen LogP contribution in [0.5, 0.6) is 0 Å². The summed E-state index contributed by atoms with van der Waals surface area (Å²) in [5, 5.41) is 0.878. The van der Waals surface area contributed by atoms with Crippen LogP contribution < -0.4 is 22.1 Å².